The fraction of sp³-hybridized carbons (Fsp3) is 0.300. The first-order valence-corrected chi connectivity index (χ1v) is 5.74. The van der Waals surface area contributed by atoms with Crippen LogP contribution < -0.4 is 10.5 Å². The number of hydrogen-bond acceptors (Lipinski definition) is 4. The van der Waals surface area contributed by atoms with Gasteiger partial charge in [-0.2, -0.15) is 13.2 Å². The van der Waals surface area contributed by atoms with E-state index in [1.165, 1.54) is 18.2 Å². The SMILES string of the molecule is Nc1ccc(OCCSC(F)(F)F)c(C(=O)O)c1. The summed E-state index contributed by atoms with van der Waals surface area (Å²) < 4.78 is 40.5. The lowest BCUT2D eigenvalue weighted by Gasteiger charge is -2.10. The molecule has 0 unspecified atom stereocenters. The molecule has 4 nitrogen and oxygen atoms in total. The molecule has 1 rings (SSSR count). The lowest BCUT2D eigenvalue weighted by Crippen LogP contribution is -2.09. The molecule has 0 aliphatic heterocycles. The summed E-state index contributed by atoms with van der Waals surface area (Å²) in [6.07, 6.45) is 0. The van der Waals surface area contributed by atoms with Gasteiger partial charge in [0.15, 0.2) is 0 Å². The van der Waals surface area contributed by atoms with Crippen molar-refractivity contribution >= 4 is 23.4 Å². The lowest BCUT2D eigenvalue weighted by molar-refractivity contribution is -0.0329. The molecule has 0 aliphatic carbocycles. The van der Waals surface area contributed by atoms with Crippen molar-refractivity contribution in [3.05, 3.63) is 23.8 Å². The van der Waals surface area contributed by atoms with Gasteiger partial charge in [-0.3, -0.25) is 0 Å². The number of anilines is 1. The average molecular weight is 281 g/mol. The molecule has 0 heterocycles. The highest BCUT2D eigenvalue weighted by Gasteiger charge is 2.27. The Morgan fingerprint density at radius 1 is 1.44 bits per heavy atom. The molecule has 0 fully saturated rings. The fourth-order valence-corrected chi connectivity index (χ4v) is 1.55. The van der Waals surface area contributed by atoms with Crippen molar-refractivity contribution < 1.29 is 27.8 Å². The standard InChI is InChI=1S/C10H10F3NO3S/c11-10(12,13)18-4-3-17-8-2-1-6(14)5-7(8)9(15)16/h1-2,5H,3-4,14H2,(H,15,16). The van der Waals surface area contributed by atoms with E-state index in [0.717, 1.165) is 0 Å². The molecular weight excluding hydrogens is 271 g/mol. The highest BCUT2D eigenvalue weighted by atomic mass is 32.2. The molecule has 0 amide bonds. The second-order valence-electron chi connectivity index (χ2n) is 3.20. The number of carboxylic acid groups (broad SMARTS) is 1. The number of carboxylic acids is 1. The first-order chi connectivity index (χ1) is 8.29. The summed E-state index contributed by atoms with van der Waals surface area (Å²) in [5.74, 6) is -1.56. The van der Waals surface area contributed by atoms with Gasteiger partial charge in [0.25, 0.3) is 0 Å². The zero-order valence-corrected chi connectivity index (χ0v) is 9.85. The zero-order chi connectivity index (χ0) is 13.8. The van der Waals surface area contributed by atoms with Gasteiger partial charge in [-0.1, -0.05) is 0 Å². The molecule has 0 bridgehead atoms. The topological polar surface area (TPSA) is 72.5 Å². The maximum atomic E-state index is 11.8. The smallest absolute Gasteiger partial charge is 0.441 e. The summed E-state index contributed by atoms with van der Waals surface area (Å²) in [4.78, 5) is 10.8. The maximum Gasteiger partial charge on any atom is 0.441 e. The Hall–Kier alpha value is -1.57. The number of halogens is 3. The van der Waals surface area contributed by atoms with Crippen molar-refractivity contribution in [3.63, 3.8) is 0 Å². The minimum atomic E-state index is -4.32. The lowest BCUT2D eigenvalue weighted by atomic mass is 10.2. The van der Waals surface area contributed by atoms with Crippen LogP contribution in [0.15, 0.2) is 18.2 Å². The Bertz CT molecular complexity index is 437. The van der Waals surface area contributed by atoms with E-state index in [4.69, 9.17) is 15.6 Å². The van der Waals surface area contributed by atoms with Gasteiger partial charge in [0.1, 0.15) is 11.3 Å². The minimum absolute atomic E-state index is 0.000487. The molecule has 0 aliphatic rings. The third-order valence-corrected chi connectivity index (χ3v) is 2.54. The number of aromatic carboxylic acids is 1. The van der Waals surface area contributed by atoms with E-state index in [2.05, 4.69) is 0 Å². The summed E-state index contributed by atoms with van der Waals surface area (Å²) in [5.41, 5.74) is 1.15. The van der Waals surface area contributed by atoms with E-state index in [-0.39, 0.29) is 41.1 Å². The van der Waals surface area contributed by atoms with Crippen LogP contribution in [0.25, 0.3) is 0 Å². The Morgan fingerprint density at radius 3 is 2.67 bits per heavy atom. The molecule has 0 saturated carbocycles. The quantitative estimate of drug-likeness (QED) is 0.641. The molecule has 0 atom stereocenters. The van der Waals surface area contributed by atoms with Gasteiger partial charge in [0.05, 0.1) is 6.61 Å². The third kappa shape index (κ3) is 4.74. The number of rotatable bonds is 5. The van der Waals surface area contributed by atoms with Gasteiger partial charge < -0.3 is 15.6 Å². The van der Waals surface area contributed by atoms with Crippen molar-refractivity contribution in [2.75, 3.05) is 18.1 Å². The van der Waals surface area contributed by atoms with E-state index in [1.54, 1.807) is 0 Å². The van der Waals surface area contributed by atoms with Crippen molar-refractivity contribution in [1.82, 2.24) is 0 Å². The maximum absolute atomic E-state index is 11.8. The van der Waals surface area contributed by atoms with Gasteiger partial charge in [0.2, 0.25) is 0 Å². The normalized spacial score (nSPS) is 11.3. The molecular formula is C10H10F3NO3S. The van der Waals surface area contributed by atoms with E-state index in [1.807, 2.05) is 0 Å². The molecule has 1 aromatic rings. The molecule has 3 N–H and O–H groups in total. The fourth-order valence-electron chi connectivity index (χ4n) is 1.15. The molecule has 1 aromatic carbocycles. The molecule has 100 valence electrons. The number of benzene rings is 1. The highest BCUT2D eigenvalue weighted by molar-refractivity contribution is 8.00. The van der Waals surface area contributed by atoms with Crippen LogP contribution in [0.5, 0.6) is 5.75 Å². The van der Waals surface area contributed by atoms with Gasteiger partial charge in [0, 0.05) is 11.4 Å². The molecule has 0 aromatic heterocycles. The first kappa shape index (κ1) is 14.5. The van der Waals surface area contributed by atoms with Gasteiger partial charge >= 0.3 is 11.5 Å². The Balaban J connectivity index is 2.59. The number of nitrogen functional groups attached to an aromatic ring is 1. The summed E-state index contributed by atoms with van der Waals surface area (Å²) in [6.45, 7) is -0.242. The molecule has 0 saturated heterocycles. The van der Waals surface area contributed by atoms with E-state index in [0.29, 0.717) is 0 Å². The van der Waals surface area contributed by atoms with Crippen LogP contribution in [-0.2, 0) is 0 Å². The average Bonchev–Trinajstić information content (AvgIpc) is 2.24. The predicted octanol–water partition coefficient (Wildman–Crippen LogP) is 2.60. The Morgan fingerprint density at radius 2 is 2.11 bits per heavy atom. The number of thioether (sulfide) groups is 1. The Kier molecular flexibility index (Phi) is 4.71. The van der Waals surface area contributed by atoms with Crippen LogP contribution in [0.2, 0.25) is 0 Å². The monoisotopic (exact) mass is 281 g/mol. The van der Waals surface area contributed by atoms with Crippen LogP contribution in [0.3, 0.4) is 0 Å². The zero-order valence-electron chi connectivity index (χ0n) is 9.03. The first-order valence-electron chi connectivity index (χ1n) is 4.76. The van der Waals surface area contributed by atoms with Crippen molar-refractivity contribution in [2.45, 2.75) is 5.51 Å². The highest BCUT2D eigenvalue weighted by Crippen LogP contribution is 2.30. The minimum Gasteiger partial charge on any atom is -0.492 e. The summed E-state index contributed by atoms with van der Waals surface area (Å²) in [5, 5.41) is 8.86. The summed E-state index contributed by atoms with van der Waals surface area (Å²) in [7, 11) is 0. The summed E-state index contributed by atoms with van der Waals surface area (Å²) in [6, 6.07) is 3.92. The van der Waals surface area contributed by atoms with Crippen molar-refractivity contribution in [2.24, 2.45) is 0 Å². The molecule has 8 heteroatoms. The third-order valence-electron chi connectivity index (χ3n) is 1.84. The Labute approximate surface area is 105 Å². The van der Waals surface area contributed by atoms with E-state index in [9.17, 15) is 18.0 Å². The van der Waals surface area contributed by atoms with E-state index < -0.39 is 11.5 Å². The van der Waals surface area contributed by atoms with Crippen molar-refractivity contribution in [1.29, 1.82) is 0 Å². The number of ether oxygens (including phenoxy) is 1. The number of alkyl halides is 3. The molecule has 0 radical (unpaired) electrons. The number of hydrogen-bond donors (Lipinski definition) is 2. The largest absolute Gasteiger partial charge is 0.492 e. The van der Waals surface area contributed by atoms with E-state index >= 15 is 0 Å². The number of nitrogens with two attached hydrogens (primary N) is 1. The van der Waals surface area contributed by atoms with Gasteiger partial charge in [-0.05, 0) is 30.0 Å². The second-order valence-corrected chi connectivity index (χ2v) is 4.36. The summed E-state index contributed by atoms with van der Waals surface area (Å²) >= 11 is -0.227. The second kappa shape index (κ2) is 5.85. The van der Waals surface area contributed by atoms with Crippen LogP contribution in [0.4, 0.5) is 18.9 Å². The number of carbonyl (C=O) groups is 1. The van der Waals surface area contributed by atoms with Crippen LogP contribution in [0.1, 0.15) is 10.4 Å². The van der Waals surface area contributed by atoms with Crippen LogP contribution in [0, 0.1) is 0 Å². The van der Waals surface area contributed by atoms with Crippen LogP contribution in [-0.4, -0.2) is 28.9 Å². The van der Waals surface area contributed by atoms with Gasteiger partial charge in [-0.15, -0.1) is 0 Å². The van der Waals surface area contributed by atoms with Crippen molar-refractivity contribution in [3.8, 4) is 5.75 Å². The van der Waals surface area contributed by atoms with Gasteiger partial charge in [-0.25, -0.2) is 4.79 Å². The predicted molar refractivity (Wildman–Crippen MR) is 61.8 cm³/mol. The molecule has 0 spiro atoms. The van der Waals surface area contributed by atoms with Crippen LogP contribution >= 0.6 is 11.8 Å². The molecule has 18 heavy (non-hydrogen) atoms.